The zero-order chi connectivity index (χ0) is 23.6. The number of fused-ring (bicyclic) bond motifs is 3. The van der Waals surface area contributed by atoms with Crippen LogP contribution in [0.1, 0.15) is 56.6 Å². The van der Waals surface area contributed by atoms with Gasteiger partial charge in [-0.1, -0.05) is 62.4 Å². The van der Waals surface area contributed by atoms with Crippen molar-refractivity contribution in [2.75, 3.05) is 6.61 Å². The van der Waals surface area contributed by atoms with Crippen LogP contribution in [-0.2, 0) is 14.3 Å². The molecule has 2 aliphatic rings. The molecule has 1 fully saturated rings. The van der Waals surface area contributed by atoms with Crippen LogP contribution in [0.2, 0.25) is 0 Å². The molecule has 0 aromatic heterocycles. The first-order valence-corrected chi connectivity index (χ1v) is 11.4. The number of amides is 2. The second-order valence-electron chi connectivity index (χ2n) is 9.49. The molecule has 2 aliphatic carbocycles. The first-order valence-electron chi connectivity index (χ1n) is 11.4. The van der Waals surface area contributed by atoms with Crippen molar-refractivity contribution in [3.05, 3.63) is 59.7 Å². The fourth-order valence-electron chi connectivity index (χ4n) is 4.83. The molecule has 3 N–H and O–H groups in total. The molecule has 2 aromatic rings. The van der Waals surface area contributed by atoms with Crippen molar-refractivity contribution >= 4 is 18.0 Å². The Morgan fingerprint density at radius 3 is 2.12 bits per heavy atom. The van der Waals surface area contributed by atoms with Gasteiger partial charge in [0.05, 0.1) is 6.42 Å². The molecule has 0 heterocycles. The Balaban J connectivity index is 1.40. The summed E-state index contributed by atoms with van der Waals surface area (Å²) in [5.41, 5.74) is 4.10. The lowest BCUT2D eigenvalue weighted by atomic mass is 9.98. The highest BCUT2D eigenvalue weighted by atomic mass is 16.5. The van der Waals surface area contributed by atoms with E-state index in [0.717, 1.165) is 41.5 Å². The van der Waals surface area contributed by atoms with E-state index in [1.54, 1.807) is 0 Å². The Morgan fingerprint density at radius 2 is 1.61 bits per heavy atom. The van der Waals surface area contributed by atoms with Gasteiger partial charge in [-0.2, -0.15) is 0 Å². The van der Waals surface area contributed by atoms with Crippen molar-refractivity contribution in [3.8, 4) is 11.1 Å². The van der Waals surface area contributed by atoms with Crippen LogP contribution in [0, 0.1) is 5.92 Å². The minimum Gasteiger partial charge on any atom is -0.481 e. The van der Waals surface area contributed by atoms with Gasteiger partial charge in [0.25, 0.3) is 0 Å². The molecule has 1 atom stereocenters. The lowest BCUT2D eigenvalue weighted by molar-refractivity contribution is -0.140. The van der Waals surface area contributed by atoms with Gasteiger partial charge in [-0.05, 0) is 47.4 Å². The monoisotopic (exact) mass is 450 g/mol. The highest BCUT2D eigenvalue weighted by molar-refractivity contribution is 5.90. The summed E-state index contributed by atoms with van der Waals surface area (Å²) in [4.78, 5) is 36.7. The maximum Gasteiger partial charge on any atom is 0.407 e. The molecular formula is C26H30N2O5. The molecule has 174 valence electrons. The van der Waals surface area contributed by atoms with Crippen molar-refractivity contribution in [1.29, 1.82) is 0 Å². The zero-order valence-electron chi connectivity index (χ0n) is 19.0. The van der Waals surface area contributed by atoms with Crippen LogP contribution in [0.4, 0.5) is 4.79 Å². The molecule has 2 amide bonds. The summed E-state index contributed by atoms with van der Waals surface area (Å²) in [6.45, 7) is 4.25. The van der Waals surface area contributed by atoms with E-state index in [2.05, 4.69) is 24.5 Å². The van der Waals surface area contributed by atoms with E-state index in [9.17, 15) is 19.5 Å². The SMILES string of the molecule is CC(C)CC1(NC(=O)C(CC(=O)O)NC(=O)OCC2c3ccccc3-c3ccccc32)CC1. The lowest BCUT2D eigenvalue weighted by Crippen LogP contribution is -2.51. The first kappa shape index (κ1) is 22.8. The number of carboxylic acids is 1. The van der Waals surface area contributed by atoms with Gasteiger partial charge in [0.2, 0.25) is 5.91 Å². The summed E-state index contributed by atoms with van der Waals surface area (Å²) in [7, 11) is 0. The Labute approximate surface area is 193 Å². The number of benzene rings is 2. The highest BCUT2D eigenvalue weighted by Gasteiger charge is 2.45. The molecule has 2 aromatic carbocycles. The summed E-state index contributed by atoms with van der Waals surface area (Å²) >= 11 is 0. The van der Waals surface area contributed by atoms with E-state index in [-0.39, 0.29) is 18.1 Å². The van der Waals surface area contributed by atoms with Crippen LogP contribution in [0.25, 0.3) is 11.1 Å². The van der Waals surface area contributed by atoms with Gasteiger partial charge in [0, 0.05) is 11.5 Å². The zero-order valence-corrected chi connectivity index (χ0v) is 19.0. The van der Waals surface area contributed by atoms with Crippen molar-refractivity contribution in [3.63, 3.8) is 0 Å². The maximum absolute atomic E-state index is 12.8. The number of carbonyl (C=O) groups is 3. The fraction of sp³-hybridized carbons (Fsp3) is 0.423. The molecule has 0 spiro atoms. The lowest BCUT2D eigenvalue weighted by Gasteiger charge is -2.24. The third-order valence-electron chi connectivity index (χ3n) is 6.37. The summed E-state index contributed by atoms with van der Waals surface area (Å²) in [5, 5.41) is 14.7. The molecule has 0 aliphatic heterocycles. The number of rotatable bonds is 9. The van der Waals surface area contributed by atoms with Crippen molar-refractivity contribution < 1.29 is 24.2 Å². The van der Waals surface area contributed by atoms with E-state index in [1.165, 1.54) is 0 Å². The fourth-order valence-corrected chi connectivity index (χ4v) is 4.83. The van der Waals surface area contributed by atoms with E-state index in [4.69, 9.17) is 4.74 Å². The number of carbonyl (C=O) groups excluding carboxylic acids is 2. The standard InChI is InChI=1S/C26H30N2O5/c1-16(2)14-26(11-12-26)28-24(31)22(13-23(29)30)27-25(32)33-15-21-19-9-5-3-7-17(19)18-8-4-6-10-20(18)21/h3-10,16,21-22H,11-15H2,1-2H3,(H,27,32)(H,28,31)(H,29,30). The van der Waals surface area contributed by atoms with Gasteiger partial charge in [-0.15, -0.1) is 0 Å². The molecule has 33 heavy (non-hydrogen) atoms. The maximum atomic E-state index is 12.8. The van der Waals surface area contributed by atoms with Gasteiger partial charge >= 0.3 is 12.1 Å². The van der Waals surface area contributed by atoms with Gasteiger partial charge in [-0.25, -0.2) is 4.79 Å². The van der Waals surface area contributed by atoms with Crippen LogP contribution in [-0.4, -0.2) is 41.3 Å². The summed E-state index contributed by atoms with van der Waals surface area (Å²) < 4.78 is 5.49. The largest absolute Gasteiger partial charge is 0.481 e. The molecule has 4 rings (SSSR count). The molecule has 0 saturated heterocycles. The Bertz CT molecular complexity index is 1010. The normalized spacial score (nSPS) is 16.5. The molecule has 7 heteroatoms. The van der Waals surface area contributed by atoms with E-state index < -0.39 is 30.4 Å². The van der Waals surface area contributed by atoms with Crippen molar-refractivity contribution in [1.82, 2.24) is 10.6 Å². The van der Waals surface area contributed by atoms with Crippen molar-refractivity contribution in [2.24, 2.45) is 5.92 Å². The van der Waals surface area contributed by atoms with Crippen LogP contribution in [0.15, 0.2) is 48.5 Å². The number of alkyl carbamates (subject to hydrolysis) is 1. The molecule has 1 unspecified atom stereocenters. The number of carboxylic acid groups (broad SMARTS) is 1. The average molecular weight is 451 g/mol. The first-order chi connectivity index (χ1) is 15.8. The Hall–Kier alpha value is -3.35. The molecule has 0 radical (unpaired) electrons. The minimum atomic E-state index is -1.19. The van der Waals surface area contributed by atoms with E-state index >= 15 is 0 Å². The average Bonchev–Trinajstić information content (AvgIpc) is 3.43. The van der Waals surface area contributed by atoms with Gasteiger partial charge in [-0.3, -0.25) is 9.59 Å². The number of nitrogens with one attached hydrogen (secondary N) is 2. The second kappa shape index (κ2) is 9.25. The number of hydrogen-bond acceptors (Lipinski definition) is 4. The van der Waals surface area contributed by atoms with E-state index in [1.807, 2.05) is 48.5 Å². The molecule has 7 nitrogen and oxygen atoms in total. The van der Waals surface area contributed by atoms with Crippen LogP contribution < -0.4 is 10.6 Å². The van der Waals surface area contributed by atoms with Crippen molar-refractivity contribution in [2.45, 2.75) is 57.0 Å². The topological polar surface area (TPSA) is 105 Å². The molecule has 1 saturated carbocycles. The summed E-state index contributed by atoms with van der Waals surface area (Å²) in [6.07, 6.45) is 1.24. The van der Waals surface area contributed by atoms with Gasteiger partial charge in [0.1, 0.15) is 12.6 Å². The number of aliphatic carboxylic acids is 1. The number of hydrogen-bond donors (Lipinski definition) is 3. The van der Waals surface area contributed by atoms with Gasteiger partial charge < -0.3 is 20.5 Å². The van der Waals surface area contributed by atoms with Crippen LogP contribution in [0.5, 0.6) is 0 Å². The third-order valence-corrected chi connectivity index (χ3v) is 6.37. The summed E-state index contributed by atoms with van der Waals surface area (Å²) in [5.74, 6) is -1.36. The minimum absolute atomic E-state index is 0.0958. The Morgan fingerprint density at radius 1 is 1.03 bits per heavy atom. The smallest absolute Gasteiger partial charge is 0.407 e. The third kappa shape index (κ3) is 5.18. The second-order valence-corrected chi connectivity index (χ2v) is 9.49. The highest BCUT2D eigenvalue weighted by Crippen LogP contribution is 2.44. The summed E-state index contributed by atoms with van der Waals surface area (Å²) in [6, 6.07) is 14.8. The predicted octanol–water partition coefficient (Wildman–Crippen LogP) is 4.06. The van der Waals surface area contributed by atoms with Crippen LogP contribution in [0.3, 0.4) is 0 Å². The molecular weight excluding hydrogens is 420 g/mol. The quantitative estimate of drug-likeness (QED) is 0.534. The molecule has 0 bridgehead atoms. The van der Waals surface area contributed by atoms with E-state index in [0.29, 0.717) is 5.92 Å². The Kier molecular flexibility index (Phi) is 6.40. The predicted molar refractivity (Wildman–Crippen MR) is 124 cm³/mol. The number of ether oxygens (including phenoxy) is 1. The van der Waals surface area contributed by atoms with Gasteiger partial charge in [0.15, 0.2) is 0 Å². The van der Waals surface area contributed by atoms with Crippen LogP contribution >= 0.6 is 0 Å².